The summed E-state index contributed by atoms with van der Waals surface area (Å²) in [5.74, 6) is 1.25. The monoisotopic (exact) mass is 388 g/mol. The molecule has 2 aromatic rings. The lowest BCUT2D eigenvalue weighted by molar-refractivity contribution is -0.127. The van der Waals surface area contributed by atoms with Gasteiger partial charge in [-0.15, -0.1) is 0 Å². The van der Waals surface area contributed by atoms with E-state index in [9.17, 15) is 4.79 Å². The number of azide groups is 2. The highest BCUT2D eigenvalue weighted by atomic mass is 16.1. The smallest absolute Gasteiger partial charge is 0.136 e. The lowest BCUT2D eigenvalue weighted by atomic mass is 9.69. The number of benzene rings is 2. The molecule has 2 aromatic carbocycles. The van der Waals surface area contributed by atoms with Crippen LogP contribution in [0.2, 0.25) is 0 Å². The molecular formula is C22H24N6O. The maximum atomic E-state index is 12.8. The molecule has 148 valence electrons. The van der Waals surface area contributed by atoms with Gasteiger partial charge in [0.15, 0.2) is 0 Å². The van der Waals surface area contributed by atoms with Crippen molar-refractivity contribution >= 4 is 17.2 Å². The molecule has 0 spiro atoms. The number of hydrogen-bond donors (Lipinski definition) is 0. The van der Waals surface area contributed by atoms with Crippen LogP contribution in [0.3, 0.4) is 0 Å². The fraction of sp³-hybridized carbons (Fsp3) is 0.409. The highest BCUT2D eigenvalue weighted by Gasteiger charge is 2.34. The maximum Gasteiger partial charge on any atom is 0.136 e. The Kier molecular flexibility index (Phi) is 6.90. The first-order chi connectivity index (χ1) is 14.1. The topological polar surface area (TPSA) is 115 Å². The van der Waals surface area contributed by atoms with E-state index >= 15 is 0 Å². The molecule has 7 nitrogen and oxygen atoms in total. The molecule has 0 amide bonds. The summed E-state index contributed by atoms with van der Waals surface area (Å²) in [7, 11) is 0. The Morgan fingerprint density at radius 1 is 0.862 bits per heavy atom. The quantitative estimate of drug-likeness (QED) is 0.284. The van der Waals surface area contributed by atoms with E-state index in [2.05, 4.69) is 27.0 Å². The highest BCUT2D eigenvalue weighted by molar-refractivity contribution is 5.82. The first-order valence-corrected chi connectivity index (χ1v) is 9.93. The van der Waals surface area contributed by atoms with Crippen LogP contribution in [0.25, 0.3) is 20.9 Å². The Bertz CT molecular complexity index is 940. The maximum absolute atomic E-state index is 12.8. The average Bonchev–Trinajstić information content (AvgIpc) is 2.73. The summed E-state index contributed by atoms with van der Waals surface area (Å²) in [5, 5.41) is 7.20. The van der Waals surface area contributed by atoms with Gasteiger partial charge in [0.1, 0.15) is 5.78 Å². The fourth-order valence-corrected chi connectivity index (χ4v) is 4.31. The summed E-state index contributed by atoms with van der Waals surface area (Å²) in [6.07, 6.45) is 4.18. The van der Waals surface area contributed by atoms with Gasteiger partial charge in [0.25, 0.3) is 0 Å². The van der Waals surface area contributed by atoms with E-state index in [0.29, 0.717) is 35.4 Å². The van der Waals surface area contributed by atoms with Gasteiger partial charge in [0, 0.05) is 33.5 Å². The van der Waals surface area contributed by atoms with Gasteiger partial charge < -0.3 is 0 Å². The molecule has 1 aliphatic rings. The first-order valence-electron chi connectivity index (χ1n) is 9.93. The van der Waals surface area contributed by atoms with Crippen molar-refractivity contribution in [3.8, 4) is 0 Å². The van der Waals surface area contributed by atoms with Crippen molar-refractivity contribution in [3.63, 3.8) is 0 Å². The predicted octanol–water partition coefficient (Wildman–Crippen LogP) is 6.98. The molecule has 0 aliphatic heterocycles. The third kappa shape index (κ3) is 5.38. The van der Waals surface area contributed by atoms with Gasteiger partial charge in [-0.05, 0) is 53.3 Å². The molecule has 0 radical (unpaired) electrons. The Morgan fingerprint density at radius 3 is 1.86 bits per heavy atom. The van der Waals surface area contributed by atoms with Gasteiger partial charge in [-0.25, -0.2) is 0 Å². The number of carbonyl (C=O) groups excluding carboxylic acids is 1. The molecule has 29 heavy (non-hydrogen) atoms. The first kappa shape index (κ1) is 20.5. The third-order valence-corrected chi connectivity index (χ3v) is 5.87. The number of ketones is 1. The van der Waals surface area contributed by atoms with Gasteiger partial charge in [0.2, 0.25) is 0 Å². The van der Waals surface area contributed by atoms with Crippen LogP contribution < -0.4 is 0 Å². The average molecular weight is 388 g/mol. The van der Waals surface area contributed by atoms with Crippen molar-refractivity contribution in [2.45, 2.75) is 39.0 Å². The highest BCUT2D eigenvalue weighted by Crippen LogP contribution is 2.37. The lowest BCUT2D eigenvalue weighted by Gasteiger charge is -2.35. The van der Waals surface area contributed by atoms with E-state index in [1.54, 1.807) is 12.1 Å². The minimum Gasteiger partial charge on any atom is -0.299 e. The van der Waals surface area contributed by atoms with Gasteiger partial charge in [-0.3, -0.25) is 4.79 Å². The van der Waals surface area contributed by atoms with Gasteiger partial charge in [0.05, 0.1) is 0 Å². The Morgan fingerprint density at radius 2 is 1.38 bits per heavy atom. The van der Waals surface area contributed by atoms with Crippen LogP contribution in [0.1, 0.15) is 37.3 Å². The molecule has 1 aliphatic carbocycles. The Labute approximate surface area is 170 Å². The van der Waals surface area contributed by atoms with Crippen molar-refractivity contribution < 1.29 is 4.79 Å². The summed E-state index contributed by atoms with van der Waals surface area (Å²) in [5.41, 5.74) is 20.5. The number of nitrogens with zero attached hydrogens (tertiary/aromatic N) is 6. The molecule has 3 atom stereocenters. The Hall–Kier alpha value is -3.27. The summed E-state index contributed by atoms with van der Waals surface area (Å²) in [6, 6.07) is 15.1. The minimum atomic E-state index is 0.0499. The van der Waals surface area contributed by atoms with E-state index in [4.69, 9.17) is 11.1 Å². The third-order valence-electron chi connectivity index (χ3n) is 5.87. The number of carbonyl (C=O) groups is 1. The summed E-state index contributed by atoms with van der Waals surface area (Å²) >= 11 is 0. The lowest BCUT2D eigenvalue weighted by Crippen LogP contribution is -2.34. The molecule has 0 aromatic heterocycles. The zero-order valence-corrected chi connectivity index (χ0v) is 16.5. The van der Waals surface area contributed by atoms with Crippen LogP contribution in [0.5, 0.6) is 0 Å². The molecule has 0 bridgehead atoms. The molecular weight excluding hydrogens is 364 g/mol. The van der Waals surface area contributed by atoms with Crippen molar-refractivity contribution in [1.29, 1.82) is 0 Å². The van der Waals surface area contributed by atoms with Crippen molar-refractivity contribution in [2.75, 3.05) is 0 Å². The summed E-state index contributed by atoms with van der Waals surface area (Å²) in [6.45, 7) is 2.20. The van der Waals surface area contributed by atoms with Crippen LogP contribution in [0.4, 0.5) is 11.4 Å². The molecule has 0 heterocycles. The Balaban J connectivity index is 1.65. The standard InChI is InChI=1S/C22H24N6O/c1-2-17-13-19(12-16-5-9-21(10-6-16)26-28-24)22(29)14-18(17)11-15-3-7-20(8-4-15)25-27-23/h3-10,17-19H,2,11-14H2,1H3. The summed E-state index contributed by atoms with van der Waals surface area (Å²) < 4.78 is 0. The molecule has 7 heteroatoms. The summed E-state index contributed by atoms with van der Waals surface area (Å²) in [4.78, 5) is 18.4. The van der Waals surface area contributed by atoms with Crippen molar-refractivity contribution in [2.24, 2.45) is 28.0 Å². The van der Waals surface area contributed by atoms with Crippen LogP contribution in [-0.4, -0.2) is 5.78 Å². The second-order valence-corrected chi connectivity index (χ2v) is 7.65. The van der Waals surface area contributed by atoms with E-state index in [1.165, 1.54) is 5.56 Å². The van der Waals surface area contributed by atoms with Crippen LogP contribution in [0.15, 0.2) is 58.8 Å². The molecule has 0 N–H and O–H groups in total. The van der Waals surface area contributed by atoms with Crippen molar-refractivity contribution in [1.82, 2.24) is 0 Å². The number of Topliss-reactive ketones (excluding diaryl/α,β-unsaturated/α-hetero) is 1. The molecule has 3 rings (SSSR count). The normalized spacial score (nSPS) is 21.1. The zero-order valence-electron chi connectivity index (χ0n) is 16.5. The van der Waals surface area contributed by atoms with E-state index in [0.717, 1.165) is 31.2 Å². The zero-order chi connectivity index (χ0) is 20.6. The van der Waals surface area contributed by atoms with E-state index in [-0.39, 0.29) is 5.92 Å². The van der Waals surface area contributed by atoms with Crippen LogP contribution in [-0.2, 0) is 17.6 Å². The largest absolute Gasteiger partial charge is 0.299 e. The van der Waals surface area contributed by atoms with Gasteiger partial charge in [-0.2, -0.15) is 0 Å². The second-order valence-electron chi connectivity index (χ2n) is 7.65. The molecule has 3 unspecified atom stereocenters. The van der Waals surface area contributed by atoms with Crippen LogP contribution >= 0.6 is 0 Å². The predicted molar refractivity (Wildman–Crippen MR) is 113 cm³/mol. The second kappa shape index (κ2) is 9.78. The van der Waals surface area contributed by atoms with E-state index < -0.39 is 0 Å². The molecule has 1 fully saturated rings. The molecule has 1 saturated carbocycles. The van der Waals surface area contributed by atoms with Crippen LogP contribution in [0, 0.1) is 17.8 Å². The number of hydrogen-bond acceptors (Lipinski definition) is 3. The van der Waals surface area contributed by atoms with Gasteiger partial charge >= 0.3 is 0 Å². The fourth-order valence-electron chi connectivity index (χ4n) is 4.31. The van der Waals surface area contributed by atoms with Crippen molar-refractivity contribution in [3.05, 3.63) is 80.5 Å². The number of rotatable bonds is 7. The minimum absolute atomic E-state index is 0.0499. The molecule has 0 saturated heterocycles. The van der Waals surface area contributed by atoms with Gasteiger partial charge in [-0.1, -0.05) is 72.1 Å². The van der Waals surface area contributed by atoms with E-state index in [1.807, 2.05) is 36.4 Å². The SMILES string of the molecule is CCC1CC(Cc2ccc(N=[N+]=[N-])cc2)C(=O)CC1Cc1ccc(N=[N+]=[N-])cc1.